The predicted octanol–water partition coefficient (Wildman–Crippen LogP) is 1.53. The van der Waals surface area contributed by atoms with Crippen LogP contribution >= 0.6 is 0 Å². The van der Waals surface area contributed by atoms with E-state index < -0.39 is 22.5 Å². The summed E-state index contributed by atoms with van der Waals surface area (Å²) in [5, 5.41) is 9.37. The SMILES string of the molecule is CCCCN(CC(=O)NO)S(=O)(=O)c1ccc2ccccc2n1. The average molecular weight is 337 g/mol. The van der Waals surface area contributed by atoms with Gasteiger partial charge in [0.05, 0.1) is 12.1 Å². The van der Waals surface area contributed by atoms with Crippen molar-refractivity contribution in [2.24, 2.45) is 0 Å². The summed E-state index contributed by atoms with van der Waals surface area (Å²) in [7, 11) is -3.92. The second-order valence-corrected chi connectivity index (χ2v) is 6.95. The summed E-state index contributed by atoms with van der Waals surface area (Å²) in [5.74, 6) is -0.787. The number of pyridine rings is 1. The van der Waals surface area contributed by atoms with E-state index in [0.29, 0.717) is 11.9 Å². The van der Waals surface area contributed by atoms with Crippen LogP contribution in [-0.4, -0.2) is 41.9 Å². The van der Waals surface area contributed by atoms with E-state index in [2.05, 4.69) is 4.98 Å². The van der Waals surface area contributed by atoms with Crippen molar-refractivity contribution in [1.82, 2.24) is 14.8 Å². The van der Waals surface area contributed by atoms with Gasteiger partial charge in [0.2, 0.25) is 0 Å². The molecule has 0 atom stereocenters. The van der Waals surface area contributed by atoms with Crippen molar-refractivity contribution < 1.29 is 18.4 Å². The van der Waals surface area contributed by atoms with E-state index in [9.17, 15) is 13.2 Å². The summed E-state index contributed by atoms with van der Waals surface area (Å²) in [5.41, 5.74) is 2.02. The molecule has 0 unspecified atom stereocenters. The molecule has 0 saturated heterocycles. The maximum absolute atomic E-state index is 12.7. The summed E-state index contributed by atoms with van der Waals surface area (Å²) in [6, 6.07) is 10.3. The fourth-order valence-electron chi connectivity index (χ4n) is 2.14. The Morgan fingerprint density at radius 2 is 2.00 bits per heavy atom. The highest BCUT2D eigenvalue weighted by atomic mass is 32.2. The van der Waals surface area contributed by atoms with Gasteiger partial charge >= 0.3 is 0 Å². The minimum Gasteiger partial charge on any atom is -0.289 e. The molecule has 1 aromatic carbocycles. The molecule has 0 spiro atoms. The number of nitrogens with zero attached hydrogens (tertiary/aromatic N) is 2. The van der Waals surface area contributed by atoms with Gasteiger partial charge in [0, 0.05) is 11.9 Å². The smallest absolute Gasteiger partial charge is 0.261 e. The van der Waals surface area contributed by atoms with Crippen LogP contribution in [-0.2, 0) is 14.8 Å². The van der Waals surface area contributed by atoms with Crippen molar-refractivity contribution in [1.29, 1.82) is 0 Å². The third-order valence-electron chi connectivity index (χ3n) is 3.38. The van der Waals surface area contributed by atoms with Crippen molar-refractivity contribution >= 4 is 26.8 Å². The van der Waals surface area contributed by atoms with Crippen molar-refractivity contribution in [3.63, 3.8) is 0 Å². The van der Waals surface area contributed by atoms with E-state index in [1.807, 2.05) is 19.1 Å². The normalized spacial score (nSPS) is 11.8. The van der Waals surface area contributed by atoms with Crippen molar-refractivity contribution in [2.75, 3.05) is 13.1 Å². The number of hydrogen-bond donors (Lipinski definition) is 2. The fraction of sp³-hybridized carbons (Fsp3) is 0.333. The summed E-state index contributed by atoms with van der Waals surface area (Å²) in [4.78, 5) is 15.6. The highest BCUT2D eigenvalue weighted by molar-refractivity contribution is 7.89. The van der Waals surface area contributed by atoms with Gasteiger partial charge in [-0.05, 0) is 24.6 Å². The number of amides is 1. The molecule has 1 heterocycles. The molecular formula is C15H19N3O4S. The first-order valence-corrected chi connectivity index (χ1v) is 8.72. The summed E-state index contributed by atoms with van der Waals surface area (Å²) in [6.45, 7) is 1.65. The zero-order chi connectivity index (χ0) is 16.9. The largest absolute Gasteiger partial charge is 0.289 e. The molecule has 0 bridgehead atoms. The lowest BCUT2D eigenvalue weighted by Gasteiger charge is -2.20. The molecule has 7 nitrogen and oxygen atoms in total. The number of nitrogens with one attached hydrogen (secondary N) is 1. The Kier molecular flexibility index (Phi) is 5.64. The highest BCUT2D eigenvalue weighted by Crippen LogP contribution is 2.18. The molecule has 0 radical (unpaired) electrons. The van der Waals surface area contributed by atoms with Crippen molar-refractivity contribution in [3.05, 3.63) is 36.4 Å². The molecule has 23 heavy (non-hydrogen) atoms. The van der Waals surface area contributed by atoms with Gasteiger partial charge in [0.15, 0.2) is 5.03 Å². The number of carbonyl (C=O) groups excluding carboxylic acids is 1. The molecule has 1 amide bonds. The van der Waals surface area contributed by atoms with Crippen LogP contribution in [0.1, 0.15) is 19.8 Å². The average Bonchev–Trinajstić information content (AvgIpc) is 2.57. The molecule has 0 fully saturated rings. The van der Waals surface area contributed by atoms with E-state index in [1.165, 1.54) is 11.5 Å². The van der Waals surface area contributed by atoms with Crippen LogP contribution in [0.3, 0.4) is 0 Å². The number of unbranched alkanes of at least 4 members (excludes halogenated alkanes) is 1. The van der Waals surface area contributed by atoms with Gasteiger partial charge in [-0.2, -0.15) is 4.31 Å². The molecule has 0 aliphatic carbocycles. The molecule has 2 rings (SSSR count). The third-order valence-corrected chi connectivity index (χ3v) is 5.13. The second kappa shape index (κ2) is 7.49. The Bertz CT molecular complexity index is 792. The van der Waals surface area contributed by atoms with Gasteiger partial charge in [0.1, 0.15) is 0 Å². The molecule has 2 aromatic rings. The lowest BCUT2D eigenvalue weighted by molar-refractivity contribution is -0.129. The van der Waals surface area contributed by atoms with Crippen LogP contribution in [0.5, 0.6) is 0 Å². The van der Waals surface area contributed by atoms with E-state index in [1.54, 1.807) is 18.2 Å². The summed E-state index contributed by atoms with van der Waals surface area (Å²) < 4.78 is 26.5. The monoisotopic (exact) mass is 337 g/mol. The van der Waals surface area contributed by atoms with Crippen LogP contribution < -0.4 is 5.48 Å². The van der Waals surface area contributed by atoms with E-state index in [0.717, 1.165) is 16.1 Å². The number of sulfonamides is 1. The Balaban J connectivity index is 2.38. The van der Waals surface area contributed by atoms with Gasteiger partial charge in [-0.3, -0.25) is 10.0 Å². The Hall–Kier alpha value is -2.03. The zero-order valence-corrected chi connectivity index (χ0v) is 13.6. The van der Waals surface area contributed by atoms with E-state index in [4.69, 9.17) is 5.21 Å². The second-order valence-electron chi connectivity index (χ2n) is 5.07. The van der Waals surface area contributed by atoms with Crippen LogP contribution in [0.25, 0.3) is 10.9 Å². The first-order chi connectivity index (χ1) is 11.0. The molecule has 0 aliphatic rings. The Labute approximate surface area is 135 Å². The van der Waals surface area contributed by atoms with Crippen molar-refractivity contribution in [3.8, 4) is 0 Å². The number of aromatic nitrogens is 1. The van der Waals surface area contributed by atoms with Gasteiger partial charge < -0.3 is 0 Å². The summed E-state index contributed by atoms with van der Waals surface area (Å²) >= 11 is 0. The van der Waals surface area contributed by atoms with Crippen LogP contribution in [0, 0.1) is 0 Å². The van der Waals surface area contributed by atoms with Crippen LogP contribution in [0.4, 0.5) is 0 Å². The van der Waals surface area contributed by atoms with E-state index in [-0.39, 0.29) is 11.6 Å². The maximum Gasteiger partial charge on any atom is 0.261 e. The van der Waals surface area contributed by atoms with Crippen LogP contribution in [0.2, 0.25) is 0 Å². The fourth-order valence-corrected chi connectivity index (χ4v) is 3.51. The zero-order valence-electron chi connectivity index (χ0n) is 12.8. The number of rotatable bonds is 7. The van der Waals surface area contributed by atoms with Gasteiger partial charge in [-0.1, -0.05) is 31.5 Å². The molecule has 0 saturated carbocycles. The minimum absolute atomic E-state index is 0.113. The number of fused-ring (bicyclic) bond motifs is 1. The quantitative estimate of drug-likeness (QED) is 0.589. The molecule has 124 valence electrons. The highest BCUT2D eigenvalue weighted by Gasteiger charge is 2.27. The van der Waals surface area contributed by atoms with Gasteiger partial charge in [-0.25, -0.2) is 18.9 Å². The number of carbonyl (C=O) groups is 1. The Morgan fingerprint density at radius 3 is 2.70 bits per heavy atom. The predicted molar refractivity (Wildman–Crippen MR) is 85.3 cm³/mol. The first kappa shape index (κ1) is 17.3. The molecule has 0 aliphatic heterocycles. The molecule has 1 aromatic heterocycles. The lowest BCUT2D eigenvalue weighted by atomic mass is 10.2. The van der Waals surface area contributed by atoms with Gasteiger partial charge in [0.25, 0.3) is 15.9 Å². The third kappa shape index (κ3) is 4.04. The first-order valence-electron chi connectivity index (χ1n) is 7.28. The summed E-state index contributed by atoms with van der Waals surface area (Å²) in [6.07, 6.45) is 1.38. The van der Waals surface area contributed by atoms with E-state index >= 15 is 0 Å². The van der Waals surface area contributed by atoms with Crippen LogP contribution in [0.15, 0.2) is 41.4 Å². The standard InChI is InChI=1S/C15H19N3O4S/c1-2-3-10-18(11-14(19)17-20)23(21,22)15-9-8-12-6-4-5-7-13(12)16-15/h4-9,20H,2-3,10-11H2,1H3,(H,17,19). The Morgan fingerprint density at radius 1 is 1.26 bits per heavy atom. The molecule has 8 heteroatoms. The maximum atomic E-state index is 12.7. The molecule has 2 N–H and O–H groups in total. The lowest BCUT2D eigenvalue weighted by Crippen LogP contribution is -2.40. The molecular weight excluding hydrogens is 318 g/mol. The van der Waals surface area contributed by atoms with Gasteiger partial charge in [-0.15, -0.1) is 0 Å². The number of para-hydroxylation sites is 1. The minimum atomic E-state index is -3.92. The number of hydroxylamine groups is 1. The topological polar surface area (TPSA) is 99.6 Å². The number of hydrogen-bond acceptors (Lipinski definition) is 5. The number of benzene rings is 1. The van der Waals surface area contributed by atoms with Crippen molar-refractivity contribution in [2.45, 2.75) is 24.8 Å².